The van der Waals surface area contributed by atoms with Gasteiger partial charge in [0.15, 0.2) is 0 Å². The number of rotatable bonds is 2. The van der Waals surface area contributed by atoms with Crippen LogP contribution in [0.25, 0.3) is 0 Å². The molecule has 0 aliphatic rings. The van der Waals surface area contributed by atoms with Crippen molar-refractivity contribution >= 4 is 0 Å². The van der Waals surface area contributed by atoms with E-state index in [1.165, 1.54) is 4.57 Å². The number of hydrogen-bond donors (Lipinski definition) is 0. The Labute approximate surface area is 70.6 Å². The molecule has 2 nitrogen and oxygen atoms in total. The van der Waals surface area contributed by atoms with Gasteiger partial charge >= 0.3 is 0 Å². The molecular formula is C9H12FNO. The van der Waals surface area contributed by atoms with Crippen molar-refractivity contribution in [3.05, 3.63) is 34.2 Å². The fourth-order valence-electron chi connectivity index (χ4n) is 1.08. The van der Waals surface area contributed by atoms with Crippen molar-refractivity contribution < 1.29 is 4.39 Å². The lowest BCUT2D eigenvalue weighted by Gasteiger charge is -2.06. The summed E-state index contributed by atoms with van der Waals surface area (Å²) in [6, 6.07) is 3.43. The smallest absolute Gasteiger partial charge is 0.253 e. The average Bonchev–Trinajstić information content (AvgIpc) is 2.08. The van der Waals surface area contributed by atoms with Gasteiger partial charge in [-0.25, -0.2) is 0 Å². The minimum Gasteiger partial charge on any atom is -0.318 e. The standard InChI is InChI=1S/C9H12FNO/c1-7(6-10)8-4-3-5-11(2)9(8)12/h3-5,7H,6H2,1-2H3. The van der Waals surface area contributed by atoms with Gasteiger partial charge in [0.25, 0.3) is 5.56 Å². The van der Waals surface area contributed by atoms with Gasteiger partial charge in [-0.2, -0.15) is 0 Å². The fraction of sp³-hybridized carbons (Fsp3) is 0.444. The lowest BCUT2D eigenvalue weighted by atomic mass is 10.1. The molecule has 1 rings (SSSR count). The van der Waals surface area contributed by atoms with Gasteiger partial charge in [-0.3, -0.25) is 9.18 Å². The minimum absolute atomic E-state index is 0.109. The first-order chi connectivity index (χ1) is 5.66. The lowest BCUT2D eigenvalue weighted by Crippen LogP contribution is -2.21. The SMILES string of the molecule is CC(CF)c1cccn(C)c1=O. The van der Waals surface area contributed by atoms with Gasteiger partial charge in [-0.05, 0) is 6.07 Å². The lowest BCUT2D eigenvalue weighted by molar-refractivity contribution is 0.444. The van der Waals surface area contributed by atoms with Gasteiger partial charge in [-0.15, -0.1) is 0 Å². The Bertz CT molecular complexity index is 319. The second kappa shape index (κ2) is 3.52. The molecule has 0 aliphatic carbocycles. The summed E-state index contributed by atoms with van der Waals surface area (Å²) in [5.74, 6) is -0.301. The molecule has 3 heteroatoms. The Kier molecular flexibility index (Phi) is 2.63. The normalized spacial score (nSPS) is 12.9. The van der Waals surface area contributed by atoms with Gasteiger partial charge in [-0.1, -0.05) is 13.0 Å². The maximum absolute atomic E-state index is 12.2. The molecule has 1 aromatic heterocycles. The molecule has 0 radical (unpaired) electrons. The van der Waals surface area contributed by atoms with Crippen LogP contribution in [0.1, 0.15) is 18.4 Å². The third-order valence-electron chi connectivity index (χ3n) is 1.92. The molecule has 66 valence electrons. The van der Waals surface area contributed by atoms with Crippen LogP contribution in [0.5, 0.6) is 0 Å². The van der Waals surface area contributed by atoms with Gasteiger partial charge in [0.1, 0.15) is 0 Å². The molecule has 0 N–H and O–H groups in total. The fourth-order valence-corrected chi connectivity index (χ4v) is 1.08. The summed E-state index contributed by atoms with van der Waals surface area (Å²) in [5.41, 5.74) is 0.435. The first kappa shape index (κ1) is 8.97. The molecule has 1 unspecified atom stereocenters. The van der Waals surface area contributed by atoms with Crippen LogP contribution < -0.4 is 5.56 Å². The summed E-state index contributed by atoms with van der Waals surface area (Å²) >= 11 is 0. The Morgan fingerprint density at radius 2 is 2.33 bits per heavy atom. The van der Waals surface area contributed by atoms with Crippen molar-refractivity contribution in [2.24, 2.45) is 7.05 Å². The molecule has 0 saturated heterocycles. The molecule has 0 bridgehead atoms. The van der Waals surface area contributed by atoms with Crippen LogP contribution in [0.15, 0.2) is 23.1 Å². The predicted octanol–water partition coefficient (Wildman–Crippen LogP) is 1.46. The summed E-state index contributed by atoms with van der Waals surface area (Å²) < 4.78 is 13.7. The van der Waals surface area contributed by atoms with E-state index < -0.39 is 6.67 Å². The van der Waals surface area contributed by atoms with Crippen LogP contribution >= 0.6 is 0 Å². The van der Waals surface area contributed by atoms with E-state index in [1.807, 2.05) is 0 Å². The van der Waals surface area contributed by atoms with Crippen molar-refractivity contribution in [3.63, 3.8) is 0 Å². The van der Waals surface area contributed by atoms with Crippen LogP contribution in [0.3, 0.4) is 0 Å². The van der Waals surface area contributed by atoms with Crippen molar-refractivity contribution in [2.75, 3.05) is 6.67 Å². The highest BCUT2D eigenvalue weighted by Crippen LogP contribution is 2.09. The highest BCUT2D eigenvalue weighted by Gasteiger charge is 2.08. The van der Waals surface area contributed by atoms with Crippen molar-refractivity contribution in [1.29, 1.82) is 0 Å². The maximum Gasteiger partial charge on any atom is 0.253 e. The first-order valence-electron chi connectivity index (χ1n) is 3.88. The third-order valence-corrected chi connectivity index (χ3v) is 1.92. The summed E-state index contributed by atoms with van der Waals surface area (Å²) in [4.78, 5) is 11.4. The molecule has 1 heterocycles. The van der Waals surface area contributed by atoms with Crippen LogP contribution in [0.4, 0.5) is 4.39 Å². The molecule has 12 heavy (non-hydrogen) atoms. The zero-order valence-electron chi connectivity index (χ0n) is 7.25. The van der Waals surface area contributed by atoms with E-state index in [-0.39, 0.29) is 11.5 Å². The molecule has 1 aromatic rings. The van der Waals surface area contributed by atoms with Crippen molar-refractivity contribution in [1.82, 2.24) is 4.57 Å². The zero-order chi connectivity index (χ0) is 9.14. The van der Waals surface area contributed by atoms with Crippen LogP contribution in [0, 0.1) is 0 Å². The van der Waals surface area contributed by atoms with Gasteiger partial charge < -0.3 is 4.57 Å². The number of alkyl halides is 1. The first-order valence-corrected chi connectivity index (χ1v) is 3.88. The molecule has 0 aliphatic heterocycles. The predicted molar refractivity (Wildman–Crippen MR) is 46.1 cm³/mol. The summed E-state index contributed by atoms with van der Waals surface area (Å²) in [5, 5.41) is 0. The number of halogens is 1. The number of nitrogens with zero attached hydrogens (tertiary/aromatic N) is 1. The second-order valence-corrected chi connectivity index (χ2v) is 2.93. The van der Waals surface area contributed by atoms with Gasteiger partial charge in [0, 0.05) is 24.7 Å². The Morgan fingerprint density at radius 3 is 2.92 bits per heavy atom. The van der Waals surface area contributed by atoms with E-state index >= 15 is 0 Å². The molecule has 0 saturated carbocycles. The summed E-state index contributed by atoms with van der Waals surface area (Å²) in [6.07, 6.45) is 1.66. The third kappa shape index (κ3) is 1.55. The Balaban J connectivity index is 3.17. The number of hydrogen-bond acceptors (Lipinski definition) is 1. The number of aryl methyl sites for hydroxylation is 1. The second-order valence-electron chi connectivity index (χ2n) is 2.93. The molecule has 1 atom stereocenters. The minimum atomic E-state index is -0.487. The maximum atomic E-state index is 12.2. The number of aromatic nitrogens is 1. The molecule has 0 amide bonds. The highest BCUT2D eigenvalue weighted by atomic mass is 19.1. The van der Waals surface area contributed by atoms with E-state index in [2.05, 4.69) is 0 Å². The topological polar surface area (TPSA) is 22.0 Å². The average molecular weight is 169 g/mol. The monoisotopic (exact) mass is 169 g/mol. The number of pyridine rings is 1. The molecule has 0 fully saturated rings. The highest BCUT2D eigenvalue weighted by molar-refractivity contribution is 5.14. The van der Waals surface area contributed by atoms with E-state index in [4.69, 9.17) is 0 Å². The molecule has 0 aromatic carbocycles. The van der Waals surface area contributed by atoms with Crippen molar-refractivity contribution in [3.8, 4) is 0 Å². The molecular weight excluding hydrogens is 157 g/mol. The van der Waals surface area contributed by atoms with Crippen LogP contribution in [-0.2, 0) is 7.05 Å². The zero-order valence-corrected chi connectivity index (χ0v) is 7.25. The van der Waals surface area contributed by atoms with Crippen LogP contribution in [-0.4, -0.2) is 11.2 Å². The quantitative estimate of drug-likeness (QED) is 0.657. The largest absolute Gasteiger partial charge is 0.318 e. The van der Waals surface area contributed by atoms with E-state index in [9.17, 15) is 9.18 Å². The van der Waals surface area contributed by atoms with E-state index in [1.54, 1.807) is 32.3 Å². The summed E-state index contributed by atoms with van der Waals surface area (Å²) in [7, 11) is 1.66. The van der Waals surface area contributed by atoms with E-state index in [0.717, 1.165) is 0 Å². The van der Waals surface area contributed by atoms with Gasteiger partial charge in [0.05, 0.1) is 6.67 Å². The molecule has 0 spiro atoms. The summed E-state index contributed by atoms with van der Waals surface area (Å²) in [6.45, 7) is 1.22. The Hall–Kier alpha value is -1.12. The van der Waals surface area contributed by atoms with E-state index in [0.29, 0.717) is 5.56 Å². The van der Waals surface area contributed by atoms with Crippen molar-refractivity contribution in [2.45, 2.75) is 12.8 Å². The van der Waals surface area contributed by atoms with Crippen LogP contribution in [0.2, 0.25) is 0 Å². The van der Waals surface area contributed by atoms with Gasteiger partial charge in [0.2, 0.25) is 0 Å². The Morgan fingerprint density at radius 1 is 1.67 bits per heavy atom.